The van der Waals surface area contributed by atoms with Crippen LogP contribution in [0.5, 0.6) is 0 Å². The summed E-state index contributed by atoms with van der Waals surface area (Å²) in [6, 6.07) is 3.08. The van der Waals surface area contributed by atoms with E-state index in [1.807, 2.05) is 13.8 Å². The van der Waals surface area contributed by atoms with Crippen LogP contribution in [0.25, 0.3) is 0 Å². The third-order valence-electron chi connectivity index (χ3n) is 4.05. The first-order chi connectivity index (χ1) is 11.3. The number of carbonyl (C=O) groups is 1. The van der Waals surface area contributed by atoms with Crippen LogP contribution < -0.4 is 0 Å². The molecule has 1 aromatic carbocycles. The third kappa shape index (κ3) is 4.21. The van der Waals surface area contributed by atoms with Gasteiger partial charge in [0, 0.05) is 12.5 Å². The van der Waals surface area contributed by atoms with Gasteiger partial charge in [-0.05, 0) is 38.0 Å². The lowest BCUT2D eigenvalue weighted by molar-refractivity contribution is -0.385. The fraction of sp³-hybridized carbons (Fsp3) is 0.562. The predicted molar refractivity (Wildman–Crippen MR) is 83.7 cm³/mol. The standard InChI is InChI=1S/C16H21NO7/c1-9-4-12(13(17(20)21)5-10(9)2)8-22-16(19)24-14-6-11(3)23-15(14)7-18/h4-5,11,14-15,18H,6-8H2,1-3H3/t11-,14-,15+/m1/s1. The van der Waals surface area contributed by atoms with Gasteiger partial charge in [0.25, 0.3) is 5.69 Å². The number of benzene rings is 1. The maximum atomic E-state index is 11.8. The zero-order valence-corrected chi connectivity index (χ0v) is 13.9. The Morgan fingerprint density at radius 3 is 2.71 bits per heavy atom. The molecule has 1 N–H and O–H groups in total. The van der Waals surface area contributed by atoms with Gasteiger partial charge in [0.1, 0.15) is 18.8 Å². The topological polar surface area (TPSA) is 108 Å². The molecule has 2 rings (SSSR count). The summed E-state index contributed by atoms with van der Waals surface area (Å²) in [6.07, 6.45) is -1.77. The molecule has 1 heterocycles. The Hall–Kier alpha value is -2.19. The normalized spacial score (nSPS) is 23.1. The Balaban J connectivity index is 1.99. The largest absolute Gasteiger partial charge is 0.508 e. The zero-order chi connectivity index (χ0) is 17.9. The van der Waals surface area contributed by atoms with Crippen molar-refractivity contribution >= 4 is 11.8 Å². The highest BCUT2D eigenvalue weighted by Gasteiger charge is 2.35. The van der Waals surface area contributed by atoms with Crippen LogP contribution >= 0.6 is 0 Å². The fourth-order valence-electron chi connectivity index (χ4n) is 2.65. The van der Waals surface area contributed by atoms with E-state index in [1.54, 1.807) is 13.0 Å². The van der Waals surface area contributed by atoms with E-state index in [0.29, 0.717) is 12.0 Å². The quantitative estimate of drug-likeness (QED) is 0.498. The number of hydrogen-bond donors (Lipinski definition) is 1. The number of aliphatic hydroxyl groups is 1. The lowest BCUT2D eigenvalue weighted by Gasteiger charge is -2.16. The molecule has 1 aromatic rings. The summed E-state index contributed by atoms with van der Waals surface area (Å²) in [6.45, 7) is 4.89. The molecule has 0 saturated carbocycles. The molecule has 1 aliphatic heterocycles. The van der Waals surface area contributed by atoms with Gasteiger partial charge in [-0.2, -0.15) is 0 Å². The van der Waals surface area contributed by atoms with E-state index in [4.69, 9.17) is 14.2 Å². The summed E-state index contributed by atoms with van der Waals surface area (Å²) in [5, 5.41) is 20.3. The molecular weight excluding hydrogens is 318 g/mol. The second kappa shape index (κ2) is 7.59. The van der Waals surface area contributed by atoms with Crippen LogP contribution in [0.2, 0.25) is 0 Å². The Morgan fingerprint density at radius 1 is 1.42 bits per heavy atom. The van der Waals surface area contributed by atoms with Gasteiger partial charge in [0.15, 0.2) is 0 Å². The van der Waals surface area contributed by atoms with Crippen LogP contribution in [-0.2, 0) is 20.8 Å². The summed E-state index contributed by atoms with van der Waals surface area (Å²) in [5.41, 5.74) is 1.86. The SMILES string of the molecule is Cc1cc(COC(=O)O[C@@H]2C[C@@H](C)O[C@H]2CO)c([N+](=O)[O-])cc1C. The number of nitro groups is 1. The molecule has 8 nitrogen and oxygen atoms in total. The van der Waals surface area contributed by atoms with Crippen LogP contribution in [0.15, 0.2) is 12.1 Å². The molecule has 0 aliphatic carbocycles. The molecule has 0 bridgehead atoms. The fourth-order valence-corrected chi connectivity index (χ4v) is 2.65. The van der Waals surface area contributed by atoms with Crippen molar-refractivity contribution in [3.05, 3.63) is 38.9 Å². The zero-order valence-electron chi connectivity index (χ0n) is 13.9. The van der Waals surface area contributed by atoms with Gasteiger partial charge >= 0.3 is 6.16 Å². The molecule has 0 spiro atoms. The first-order valence-electron chi connectivity index (χ1n) is 7.66. The minimum atomic E-state index is -0.941. The average Bonchev–Trinajstić information content (AvgIpc) is 2.87. The van der Waals surface area contributed by atoms with Gasteiger partial charge in [-0.25, -0.2) is 4.79 Å². The second-order valence-electron chi connectivity index (χ2n) is 5.92. The Morgan fingerprint density at radius 2 is 2.08 bits per heavy atom. The van der Waals surface area contributed by atoms with E-state index in [1.165, 1.54) is 6.07 Å². The second-order valence-corrected chi connectivity index (χ2v) is 5.92. The third-order valence-corrected chi connectivity index (χ3v) is 4.05. The van der Waals surface area contributed by atoms with E-state index in [0.717, 1.165) is 11.1 Å². The van der Waals surface area contributed by atoms with E-state index >= 15 is 0 Å². The smallest absolute Gasteiger partial charge is 0.429 e. The molecule has 8 heteroatoms. The monoisotopic (exact) mass is 339 g/mol. The molecule has 132 valence electrons. The molecule has 24 heavy (non-hydrogen) atoms. The molecular formula is C16H21NO7. The number of carbonyl (C=O) groups excluding carboxylic acids is 1. The van der Waals surface area contributed by atoms with Crippen LogP contribution in [0.1, 0.15) is 30.0 Å². The van der Waals surface area contributed by atoms with Crippen molar-refractivity contribution in [1.29, 1.82) is 0 Å². The molecule has 0 amide bonds. The summed E-state index contributed by atoms with van der Waals surface area (Å²) < 4.78 is 15.5. The van der Waals surface area contributed by atoms with Crippen molar-refractivity contribution in [1.82, 2.24) is 0 Å². The number of rotatable bonds is 5. The number of nitrogens with zero attached hydrogens (tertiary/aromatic N) is 1. The first kappa shape index (κ1) is 18.2. The highest BCUT2D eigenvalue weighted by molar-refractivity contribution is 5.60. The van der Waals surface area contributed by atoms with Crippen molar-refractivity contribution in [2.75, 3.05) is 6.61 Å². The van der Waals surface area contributed by atoms with Gasteiger partial charge in [0.05, 0.1) is 23.2 Å². The Bertz CT molecular complexity index is 631. The summed E-state index contributed by atoms with van der Waals surface area (Å²) in [5.74, 6) is 0. The number of aliphatic hydroxyl groups excluding tert-OH is 1. The minimum Gasteiger partial charge on any atom is -0.429 e. The maximum Gasteiger partial charge on any atom is 0.508 e. The highest BCUT2D eigenvalue weighted by Crippen LogP contribution is 2.25. The Kier molecular flexibility index (Phi) is 5.74. The highest BCUT2D eigenvalue weighted by atomic mass is 16.7. The van der Waals surface area contributed by atoms with Crippen molar-refractivity contribution in [3.8, 4) is 0 Å². The van der Waals surface area contributed by atoms with Crippen LogP contribution in [-0.4, -0.2) is 41.1 Å². The van der Waals surface area contributed by atoms with E-state index in [-0.39, 0.29) is 25.0 Å². The van der Waals surface area contributed by atoms with Crippen molar-refractivity contribution < 1.29 is 29.0 Å². The summed E-state index contributed by atoms with van der Waals surface area (Å²) >= 11 is 0. The number of ether oxygens (including phenoxy) is 3. The van der Waals surface area contributed by atoms with Crippen LogP contribution in [0.4, 0.5) is 10.5 Å². The van der Waals surface area contributed by atoms with Crippen LogP contribution in [0, 0.1) is 24.0 Å². The lowest BCUT2D eigenvalue weighted by atomic mass is 10.0. The van der Waals surface area contributed by atoms with Crippen molar-refractivity contribution in [3.63, 3.8) is 0 Å². The number of hydrogen-bond acceptors (Lipinski definition) is 7. The predicted octanol–water partition coefficient (Wildman–Crippen LogP) is 2.40. The van der Waals surface area contributed by atoms with Gasteiger partial charge in [0.2, 0.25) is 0 Å². The molecule has 1 aliphatic rings. The maximum absolute atomic E-state index is 11.8. The number of nitro benzene ring substituents is 1. The lowest BCUT2D eigenvalue weighted by Crippen LogP contribution is -2.30. The van der Waals surface area contributed by atoms with E-state index in [9.17, 15) is 20.0 Å². The molecule has 1 fully saturated rings. The summed E-state index contributed by atoms with van der Waals surface area (Å²) in [7, 11) is 0. The van der Waals surface area contributed by atoms with E-state index < -0.39 is 23.3 Å². The number of aryl methyl sites for hydroxylation is 2. The van der Waals surface area contributed by atoms with Gasteiger partial charge in [-0.15, -0.1) is 0 Å². The molecule has 1 saturated heterocycles. The van der Waals surface area contributed by atoms with Gasteiger partial charge in [-0.3, -0.25) is 10.1 Å². The summed E-state index contributed by atoms with van der Waals surface area (Å²) in [4.78, 5) is 22.4. The molecule has 0 unspecified atom stereocenters. The van der Waals surface area contributed by atoms with E-state index in [2.05, 4.69) is 0 Å². The minimum absolute atomic E-state index is 0.100. The Labute approximate surface area is 139 Å². The molecule has 3 atom stereocenters. The van der Waals surface area contributed by atoms with Crippen molar-refractivity contribution in [2.24, 2.45) is 0 Å². The average molecular weight is 339 g/mol. The van der Waals surface area contributed by atoms with Gasteiger partial charge < -0.3 is 19.3 Å². The first-order valence-corrected chi connectivity index (χ1v) is 7.66. The van der Waals surface area contributed by atoms with Crippen LogP contribution in [0.3, 0.4) is 0 Å². The molecule has 0 aromatic heterocycles. The van der Waals surface area contributed by atoms with Crippen molar-refractivity contribution in [2.45, 2.75) is 52.1 Å². The van der Waals surface area contributed by atoms with Gasteiger partial charge in [-0.1, -0.05) is 0 Å². The molecule has 0 radical (unpaired) electrons.